The number of phenols is 1. The average molecular weight is 346 g/mol. The summed E-state index contributed by atoms with van der Waals surface area (Å²) in [6, 6.07) is 6.65. The van der Waals surface area contributed by atoms with E-state index in [0.29, 0.717) is 5.56 Å². The topological polar surface area (TPSA) is 106 Å². The van der Waals surface area contributed by atoms with Crippen LogP contribution in [0.5, 0.6) is 5.75 Å². The van der Waals surface area contributed by atoms with Crippen molar-refractivity contribution in [3.05, 3.63) is 29.8 Å². The number of hydrogen-bond acceptors (Lipinski definition) is 4. The van der Waals surface area contributed by atoms with Crippen molar-refractivity contribution in [1.29, 1.82) is 5.41 Å². The Balaban J connectivity index is 2.07. The van der Waals surface area contributed by atoms with Crippen LogP contribution in [-0.2, 0) is 16.1 Å². The maximum Gasteiger partial charge on any atom is 0.255 e. The first-order valence-electron chi connectivity index (χ1n) is 8.55. The smallest absolute Gasteiger partial charge is 0.255 e. The Morgan fingerprint density at radius 1 is 1.40 bits per heavy atom. The van der Waals surface area contributed by atoms with Gasteiger partial charge in [0.05, 0.1) is 13.0 Å². The van der Waals surface area contributed by atoms with Crippen molar-refractivity contribution >= 4 is 17.8 Å². The minimum Gasteiger partial charge on any atom is -0.508 e. The van der Waals surface area contributed by atoms with Crippen molar-refractivity contribution < 1.29 is 14.7 Å². The molecule has 0 saturated carbocycles. The predicted octanol–water partition coefficient (Wildman–Crippen LogP) is 1.71. The fourth-order valence-corrected chi connectivity index (χ4v) is 2.98. The lowest BCUT2D eigenvalue weighted by atomic mass is 9.97. The van der Waals surface area contributed by atoms with Crippen molar-refractivity contribution in [1.82, 2.24) is 15.5 Å². The summed E-state index contributed by atoms with van der Waals surface area (Å²) in [5.41, 5.74) is -0.421. The summed E-state index contributed by atoms with van der Waals surface area (Å²) < 4.78 is 0. The van der Waals surface area contributed by atoms with Crippen LogP contribution in [0.25, 0.3) is 0 Å². The number of nitrogens with one attached hydrogen (secondary N) is 3. The summed E-state index contributed by atoms with van der Waals surface area (Å²) in [5, 5.41) is 23.4. The van der Waals surface area contributed by atoms with Crippen molar-refractivity contribution in [3.63, 3.8) is 0 Å². The van der Waals surface area contributed by atoms with Gasteiger partial charge in [-0.1, -0.05) is 26.0 Å². The van der Waals surface area contributed by atoms with Gasteiger partial charge in [0.15, 0.2) is 5.96 Å². The molecule has 136 valence electrons. The second kappa shape index (κ2) is 7.55. The molecule has 1 aromatic rings. The molecule has 0 spiro atoms. The molecule has 0 aliphatic carbocycles. The van der Waals surface area contributed by atoms with E-state index in [4.69, 9.17) is 5.41 Å². The monoisotopic (exact) mass is 346 g/mol. The first kappa shape index (κ1) is 18.8. The third-order valence-electron chi connectivity index (χ3n) is 4.50. The quantitative estimate of drug-likeness (QED) is 0.603. The van der Waals surface area contributed by atoms with Gasteiger partial charge in [-0.2, -0.15) is 0 Å². The minimum absolute atomic E-state index is 0.0265. The number of benzene rings is 1. The molecule has 0 aromatic heterocycles. The fourth-order valence-electron chi connectivity index (χ4n) is 2.98. The van der Waals surface area contributed by atoms with Gasteiger partial charge in [0.1, 0.15) is 11.3 Å². The molecule has 1 aliphatic rings. The van der Waals surface area contributed by atoms with E-state index in [-0.39, 0.29) is 42.5 Å². The van der Waals surface area contributed by atoms with E-state index in [1.165, 1.54) is 4.90 Å². The third-order valence-corrected chi connectivity index (χ3v) is 4.50. The molecule has 25 heavy (non-hydrogen) atoms. The van der Waals surface area contributed by atoms with E-state index in [9.17, 15) is 14.7 Å². The summed E-state index contributed by atoms with van der Waals surface area (Å²) in [4.78, 5) is 26.3. The Labute approximate surface area is 147 Å². The van der Waals surface area contributed by atoms with Crippen LogP contribution in [0.4, 0.5) is 0 Å². The van der Waals surface area contributed by atoms with E-state index in [0.717, 1.165) is 12.8 Å². The molecule has 2 amide bonds. The molecule has 4 N–H and O–H groups in total. The standard InChI is InChI=1S/C18H26N4O3/c1-4-13(5-2)20-15(24)10-18(3)16(25)22(17(19)21-18)11-12-7-6-8-14(23)9-12/h6-9,13,23H,4-5,10-11H2,1-3H3,(H2,19,21)(H,20,24). The molecule has 2 rings (SSSR count). The van der Waals surface area contributed by atoms with Crippen LogP contribution in [0.2, 0.25) is 0 Å². The highest BCUT2D eigenvalue weighted by atomic mass is 16.3. The minimum atomic E-state index is -1.13. The van der Waals surface area contributed by atoms with Crippen LogP contribution in [0.15, 0.2) is 24.3 Å². The van der Waals surface area contributed by atoms with Crippen LogP contribution in [0.3, 0.4) is 0 Å². The van der Waals surface area contributed by atoms with Crippen LogP contribution in [0.1, 0.15) is 45.6 Å². The number of carbonyl (C=O) groups is 2. The number of aromatic hydroxyl groups is 1. The van der Waals surface area contributed by atoms with E-state index < -0.39 is 5.54 Å². The van der Waals surface area contributed by atoms with Crippen molar-refractivity contribution in [3.8, 4) is 5.75 Å². The number of phenolic OH excluding ortho intramolecular Hbond substituents is 1. The van der Waals surface area contributed by atoms with E-state index >= 15 is 0 Å². The van der Waals surface area contributed by atoms with Gasteiger partial charge in [-0.15, -0.1) is 0 Å². The largest absolute Gasteiger partial charge is 0.508 e. The van der Waals surface area contributed by atoms with Crippen LogP contribution < -0.4 is 10.6 Å². The summed E-state index contributed by atoms with van der Waals surface area (Å²) in [6.07, 6.45) is 1.64. The molecule has 1 atom stereocenters. The van der Waals surface area contributed by atoms with Crippen molar-refractivity contribution in [2.24, 2.45) is 0 Å². The van der Waals surface area contributed by atoms with Gasteiger partial charge in [0.25, 0.3) is 5.91 Å². The van der Waals surface area contributed by atoms with E-state index in [1.807, 2.05) is 13.8 Å². The summed E-state index contributed by atoms with van der Waals surface area (Å²) in [5.74, 6) is -0.452. The van der Waals surface area contributed by atoms with Crippen LogP contribution >= 0.6 is 0 Å². The van der Waals surface area contributed by atoms with Gasteiger partial charge in [0, 0.05) is 6.04 Å². The van der Waals surface area contributed by atoms with Gasteiger partial charge in [-0.25, -0.2) is 0 Å². The normalized spacial score (nSPS) is 20.1. The van der Waals surface area contributed by atoms with Crippen LogP contribution in [-0.4, -0.2) is 39.4 Å². The Morgan fingerprint density at radius 2 is 2.08 bits per heavy atom. The maximum absolute atomic E-state index is 12.8. The lowest BCUT2D eigenvalue weighted by molar-refractivity contribution is -0.134. The fraction of sp³-hybridized carbons (Fsp3) is 0.500. The zero-order chi connectivity index (χ0) is 18.6. The highest BCUT2D eigenvalue weighted by Gasteiger charge is 2.47. The molecule has 1 aromatic carbocycles. The number of amides is 2. The second-order valence-electron chi connectivity index (χ2n) is 6.62. The molecule has 1 unspecified atom stereocenters. The summed E-state index contributed by atoms with van der Waals surface area (Å²) >= 11 is 0. The lowest BCUT2D eigenvalue weighted by Crippen LogP contribution is -2.49. The van der Waals surface area contributed by atoms with E-state index in [2.05, 4.69) is 10.6 Å². The molecule has 1 saturated heterocycles. The first-order valence-corrected chi connectivity index (χ1v) is 8.55. The highest BCUT2D eigenvalue weighted by molar-refractivity contribution is 6.09. The molecule has 0 radical (unpaired) electrons. The zero-order valence-corrected chi connectivity index (χ0v) is 14.9. The van der Waals surface area contributed by atoms with Gasteiger partial charge in [-0.05, 0) is 37.5 Å². The molecular formula is C18H26N4O3. The van der Waals surface area contributed by atoms with Gasteiger partial charge in [-0.3, -0.25) is 19.9 Å². The van der Waals surface area contributed by atoms with E-state index in [1.54, 1.807) is 31.2 Å². The number of carbonyl (C=O) groups excluding carboxylic acids is 2. The molecular weight excluding hydrogens is 320 g/mol. The Kier molecular flexibility index (Phi) is 5.66. The maximum atomic E-state index is 12.8. The molecule has 1 aliphatic heterocycles. The summed E-state index contributed by atoms with van der Waals surface area (Å²) in [7, 11) is 0. The van der Waals surface area contributed by atoms with Crippen LogP contribution in [0, 0.1) is 5.41 Å². The highest BCUT2D eigenvalue weighted by Crippen LogP contribution is 2.23. The van der Waals surface area contributed by atoms with Gasteiger partial charge in [0.2, 0.25) is 5.91 Å². The SMILES string of the molecule is CCC(CC)NC(=O)CC1(C)NC(=N)N(Cc2cccc(O)c2)C1=O. The Morgan fingerprint density at radius 3 is 2.68 bits per heavy atom. The zero-order valence-electron chi connectivity index (χ0n) is 14.9. The van der Waals surface area contributed by atoms with Gasteiger partial charge < -0.3 is 15.7 Å². The number of rotatable bonds is 7. The Bertz CT molecular complexity index is 672. The second-order valence-corrected chi connectivity index (χ2v) is 6.62. The van der Waals surface area contributed by atoms with Crippen molar-refractivity contribution in [2.45, 2.75) is 58.2 Å². The predicted molar refractivity (Wildman–Crippen MR) is 95.1 cm³/mol. The number of guanidine groups is 1. The van der Waals surface area contributed by atoms with Crippen molar-refractivity contribution in [2.75, 3.05) is 0 Å². The Hall–Kier alpha value is -2.57. The first-order chi connectivity index (χ1) is 11.8. The molecule has 7 nitrogen and oxygen atoms in total. The molecule has 1 heterocycles. The molecule has 1 fully saturated rings. The molecule has 7 heteroatoms. The molecule has 0 bridgehead atoms. The number of hydrogen-bond donors (Lipinski definition) is 4. The average Bonchev–Trinajstić information content (AvgIpc) is 2.75. The lowest BCUT2D eigenvalue weighted by Gasteiger charge is -2.23. The third kappa shape index (κ3) is 4.29. The van der Waals surface area contributed by atoms with Gasteiger partial charge >= 0.3 is 0 Å². The number of nitrogens with zero attached hydrogens (tertiary/aromatic N) is 1. The summed E-state index contributed by atoms with van der Waals surface area (Å²) in [6.45, 7) is 5.81.